The summed E-state index contributed by atoms with van der Waals surface area (Å²) < 4.78 is 31.0. The van der Waals surface area contributed by atoms with Crippen LogP contribution in [-0.4, -0.2) is 34.8 Å². The Balaban J connectivity index is 1.66. The summed E-state index contributed by atoms with van der Waals surface area (Å²) in [4.78, 5) is 12.1. The first-order chi connectivity index (χ1) is 14.6. The molecule has 0 radical (unpaired) electrons. The topological polar surface area (TPSA) is 69.3 Å². The van der Waals surface area contributed by atoms with Crippen LogP contribution in [0.4, 0.5) is 4.39 Å². The highest BCUT2D eigenvalue weighted by Gasteiger charge is 2.13. The third-order valence-electron chi connectivity index (χ3n) is 4.50. The first-order valence-electron chi connectivity index (χ1n) is 9.60. The van der Waals surface area contributed by atoms with Gasteiger partial charge in [-0.2, -0.15) is 0 Å². The fraction of sp³-hybridized carbons (Fsp3) is 0.217. The highest BCUT2D eigenvalue weighted by atomic mass is 19.1. The van der Waals surface area contributed by atoms with E-state index in [0.29, 0.717) is 35.1 Å². The molecule has 0 fully saturated rings. The molecule has 4 rings (SSSR count). The first kappa shape index (κ1) is 19.8. The molecule has 4 aromatic rings. The van der Waals surface area contributed by atoms with Crippen molar-refractivity contribution >= 4 is 11.2 Å². The van der Waals surface area contributed by atoms with E-state index in [1.807, 2.05) is 31.2 Å². The molecule has 2 aromatic carbocycles. The molecule has 0 spiro atoms. The number of aromatic amines is 1. The molecule has 2 aromatic heterocycles. The molecule has 0 aliphatic rings. The minimum absolute atomic E-state index is 0.102. The van der Waals surface area contributed by atoms with Crippen molar-refractivity contribution in [3.05, 3.63) is 72.2 Å². The molecule has 0 bridgehead atoms. The van der Waals surface area contributed by atoms with Crippen molar-refractivity contribution < 1.29 is 18.6 Å². The third-order valence-corrected chi connectivity index (χ3v) is 4.50. The maximum absolute atomic E-state index is 14.0. The van der Waals surface area contributed by atoms with Crippen LogP contribution in [-0.2, 0) is 11.3 Å². The number of nitrogens with one attached hydrogen (secondary N) is 1. The van der Waals surface area contributed by atoms with Crippen molar-refractivity contribution in [2.24, 2.45) is 0 Å². The van der Waals surface area contributed by atoms with Crippen molar-refractivity contribution in [3.63, 3.8) is 0 Å². The van der Waals surface area contributed by atoms with Gasteiger partial charge < -0.3 is 19.2 Å². The summed E-state index contributed by atoms with van der Waals surface area (Å²) in [7, 11) is 1.63. The van der Waals surface area contributed by atoms with Gasteiger partial charge in [-0.25, -0.2) is 14.4 Å². The van der Waals surface area contributed by atoms with Gasteiger partial charge in [-0.1, -0.05) is 18.2 Å². The quantitative estimate of drug-likeness (QED) is 0.456. The summed E-state index contributed by atoms with van der Waals surface area (Å²) in [6, 6.07) is 15.8. The Labute approximate surface area is 173 Å². The Morgan fingerprint density at radius 3 is 2.70 bits per heavy atom. The Kier molecular flexibility index (Phi) is 5.90. The van der Waals surface area contributed by atoms with Gasteiger partial charge in [-0.15, -0.1) is 0 Å². The predicted octanol–water partition coefficient (Wildman–Crippen LogP) is 4.76. The van der Waals surface area contributed by atoms with Gasteiger partial charge in [0.2, 0.25) is 0 Å². The number of pyridine rings is 1. The molecular formula is C23H22FN3O3. The number of methoxy groups -OCH3 is 1. The summed E-state index contributed by atoms with van der Waals surface area (Å²) in [6.45, 7) is 2.47. The second-order valence-electron chi connectivity index (χ2n) is 6.92. The number of halogens is 1. The molecular weight excluding hydrogens is 385 g/mol. The molecule has 0 amide bonds. The molecule has 0 unspecified atom stereocenters. The molecule has 1 N–H and O–H groups in total. The third kappa shape index (κ3) is 4.58. The molecule has 0 aliphatic carbocycles. The lowest BCUT2D eigenvalue weighted by Crippen LogP contribution is -2.18. The summed E-state index contributed by atoms with van der Waals surface area (Å²) in [5.41, 5.74) is 2.71. The summed E-state index contributed by atoms with van der Waals surface area (Å²) in [5.74, 6) is 1.49. The number of imidazole rings is 1. The highest BCUT2D eigenvalue weighted by molar-refractivity contribution is 5.76. The number of ether oxygens (including phenoxy) is 3. The number of aromatic nitrogens is 3. The van der Waals surface area contributed by atoms with Gasteiger partial charge in [0, 0.05) is 30.5 Å². The van der Waals surface area contributed by atoms with Crippen LogP contribution in [0.15, 0.2) is 60.8 Å². The van der Waals surface area contributed by atoms with E-state index in [-0.39, 0.29) is 18.5 Å². The van der Waals surface area contributed by atoms with E-state index in [0.717, 1.165) is 11.1 Å². The summed E-state index contributed by atoms with van der Waals surface area (Å²) in [5, 5.41) is 0. The number of fused-ring (bicyclic) bond motifs is 1. The van der Waals surface area contributed by atoms with E-state index in [9.17, 15) is 4.39 Å². The summed E-state index contributed by atoms with van der Waals surface area (Å²) >= 11 is 0. The van der Waals surface area contributed by atoms with Gasteiger partial charge in [0.1, 0.15) is 35.9 Å². The van der Waals surface area contributed by atoms with Gasteiger partial charge in [-0.05, 0) is 37.3 Å². The minimum Gasteiger partial charge on any atom is -0.489 e. The van der Waals surface area contributed by atoms with E-state index >= 15 is 0 Å². The Morgan fingerprint density at radius 2 is 1.90 bits per heavy atom. The van der Waals surface area contributed by atoms with Crippen molar-refractivity contribution in [3.8, 4) is 22.9 Å². The zero-order valence-electron chi connectivity index (χ0n) is 16.8. The van der Waals surface area contributed by atoms with Crippen LogP contribution in [0.25, 0.3) is 22.6 Å². The molecule has 0 aliphatic heterocycles. The number of nitrogens with zero attached hydrogens (tertiary/aromatic N) is 2. The van der Waals surface area contributed by atoms with Crippen molar-refractivity contribution in [2.75, 3.05) is 13.7 Å². The second kappa shape index (κ2) is 8.92. The van der Waals surface area contributed by atoms with E-state index in [1.54, 1.807) is 37.6 Å². The number of rotatable bonds is 8. The molecule has 2 heterocycles. The lowest BCUT2D eigenvalue weighted by molar-refractivity contribution is 0.0919. The fourth-order valence-corrected chi connectivity index (χ4v) is 3.12. The van der Waals surface area contributed by atoms with E-state index in [1.165, 1.54) is 6.07 Å². The fourth-order valence-electron chi connectivity index (χ4n) is 3.12. The first-order valence-corrected chi connectivity index (χ1v) is 9.60. The normalized spacial score (nSPS) is 12.1. The zero-order chi connectivity index (χ0) is 20.9. The van der Waals surface area contributed by atoms with E-state index < -0.39 is 0 Å². The van der Waals surface area contributed by atoms with Crippen molar-refractivity contribution in [2.45, 2.75) is 19.6 Å². The minimum atomic E-state index is -0.304. The Morgan fingerprint density at radius 1 is 1.07 bits per heavy atom. The van der Waals surface area contributed by atoms with Gasteiger partial charge in [0.05, 0.1) is 12.1 Å². The number of H-pyrrole nitrogens is 1. The SMILES string of the molecule is COC[C@H](C)Oc1cc(OCc2ccccc2F)cc(-c2nc3ncccc3[nH]2)c1. The lowest BCUT2D eigenvalue weighted by Gasteiger charge is -2.16. The second-order valence-corrected chi connectivity index (χ2v) is 6.92. The van der Waals surface area contributed by atoms with Crippen molar-refractivity contribution in [1.29, 1.82) is 0 Å². The maximum atomic E-state index is 14.0. The van der Waals surface area contributed by atoms with Crippen LogP contribution in [0.2, 0.25) is 0 Å². The van der Waals surface area contributed by atoms with Gasteiger partial charge in [-0.3, -0.25) is 0 Å². The van der Waals surface area contributed by atoms with E-state index in [4.69, 9.17) is 14.2 Å². The Bertz CT molecular complexity index is 1110. The molecule has 154 valence electrons. The molecule has 7 heteroatoms. The number of hydrogen-bond acceptors (Lipinski definition) is 5. The van der Waals surface area contributed by atoms with Crippen LogP contribution in [0.5, 0.6) is 11.5 Å². The number of benzene rings is 2. The van der Waals surface area contributed by atoms with Crippen LogP contribution in [0.1, 0.15) is 12.5 Å². The van der Waals surface area contributed by atoms with Gasteiger partial charge in [0.15, 0.2) is 5.65 Å². The van der Waals surface area contributed by atoms with Crippen LogP contribution in [0.3, 0.4) is 0 Å². The standard InChI is InChI=1S/C23H22FN3O3/c1-15(13-28-2)30-19-11-17(22-26-21-8-5-9-25-23(21)27-22)10-18(12-19)29-14-16-6-3-4-7-20(16)24/h3-12,15H,13-14H2,1-2H3,(H,25,26,27)/t15-/m0/s1. The van der Waals surface area contributed by atoms with Crippen LogP contribution >= 0.6 is 0 Å². The van der Waals surface area contributed by atoms with Crippen LogP contribution < -0.4 is 9.47 Å². The lowest BCUT2D eigenvalue weighted by atomic mass is 10.2. The molecule has 0 saturated heterocycles. The van der Waals surface area contributed by atoms with Gasteiger partial charge >= 0.3 is 0 Å². The molecule has 1 atom stereocenters. The largest absolute Gasteiger partial charge is 0.489 e. The molecule has 0 saturated carbocycles. The smallest absolute Gasteiger partial charge is 0.178 e. The molecule has 30 heavy (non-hydrogen) atoms. The monoisotopic (exact) mass is 407 g/mol. The summed E-state index contributed by atoms with van der Waals surface area (Å²) in [6.07, 6.45) is 1.55. The average Bonchev–Trinajstić information content (AvgIpc) is 3.18. The highest BCUT2D eigenvalue weighted by Crippen LogP contribution is 2.30. The average molecular weight is 407 g/mol. The van der Waals surface area contributed by atoms with Crippen LogP contribution in [0, 0.1) is 5.82 Å². The van der Waals surface area contributed by atoms with Crippen molar-refractivity contribution in [1.82, 2.24) is 15.0 Å². The van der Waals surface area contributed by atoms with Gasteiger partial charge in [0.25, 0.3) is 0 Å². The zero-order valence-corrected chi connectivity index (χ0v) is 16.8. The predicted molar refractivity (Wildman–Crippen MR) is 112 cm³/mol. The molecule has 6 nitrogen and oxygen atoms in total. The Hall–Kier alpha value is -3.45. The maximum Gasteiger partial charge on any atom is 0.178 e. The van der Waals surface area contributed by atoms with E-state index in [2.05, 4.69) is 15.0 Å². The number of hydrogen-bond donors (Lipinski definition) is 1.